The molecule has 16 heavy (non-hydrogen) atoms. The lowest BCUT2D eigenvalue weighted by Crippen LogP contribution is -2.10. The minimum atomic E-state index is 0.277. The Labute approximate surface area is 98.5 Å². The molecule has 2 rings (SSSR count). The number of nitrogens with zero attached hydrogens (tertiary/aromatic N) is 1. The van der Waals surface area contributed by atoms with E-state index in [0.29, 0.717) is 5.82 Å². The van der Waals surface area contributed by atoms with Crippen LogP contribution in [-0.4, -0.2) is 4.98 Å². The molecule has 1 atom stereocenters. The molecule has 0 bridgehead atoms. The maximum atomic E-state index is 5.31. The number of nitrogens with one attached hydrogen (secondary N) is 2. The molecule has 4 nitrogen and oxygen atoms in total. The molecule has 0 saturated heterocycles. The molecular formula is C11H14N4S. The molecule has 2 aromatic rings. The first-order chi connectivity index (χ1) is 7.79. The molecule has 0 aliphatic carbocycles. The average molecular weight is 234 g/mol. The van der Waals surface area contributed by atoms with E-state index in [1.165, 1.54) is 5.56 Å². The number of hydrazine groups is 1. The van der Waals surface area contributed by atoms with Crippen molar-refractivity contribution < 1.29 is 0 Å². The number of rotatable bonds is 4. The van der Waals surface area contributed by atoms with Crippen molar-refractivity contribution in [3.63, 3.8) is 0 Å². The molecule has 0 aliphatic heterocycles. The van der Waals surface area contributed by atoms with Gasteiger partial charge in [0.15, 0.2) is 0 Å². The summed E-state index contributed by atoms with van der Waals surface area (Å²) in [6.45, 7) is 2.12. The van der Waals surface area contributed by atoms with E-state index in [9.17, 15) is 0 Å². The highest BCUT2D eigenvalue weighted by Gasteiger charge is 2.05. The Bertz CT molecular complexity index is 441. The molecule has 0 aromatic carbocycles. The number of aromatic nitrogens is 1. The van der Waals surface area contributed by atoms with Gasteiger partial charge >= 0.3 is 0 Å². The fraction of sp³-hybridized carbons (Fsp3) is 0.182. The number of nitrogen functional groups attached to an aromatic ring is 1. The van der Waals surface area contributed by atoms with E-state index in [1.807, 2.05) is 12.1 Å². The van der Waals surface area contributed by atoms with Crippen molar-refractivity contribution in [2.75, 3.05) is 10.7 Å². The zero-order valence-corrected chi connectivity index (χ0v) is 9.79. The SMILES string of the molecule is CC(Nc1ccnc(NN)c1)c1ccsc1. The largest absolute Gasteiger partial charge is 0.378 e. The molecule has 0 aliphatic rings. The number of pyridine rings is 1. The van der Waals surface area contributed by atoms with Crippen LogP contribution in [0.4, 0.5) is 11.5 Å². The normalized spacial score (nSPS) is 12.1. The van der Waals surface area contributed by atoms with Crippen molar-refractivity contribution in [2.24, 2.45) is 5.84 Å². The first-order valence-corrected chi connectivity index (χ1v) is 5.95. The minimum Gasteiger partial charge on any atom is -0.378 e. The van der Waals surface area contributed by atoms with Gasteiger partial charge in [-0.3, -0.25) is 0 Å². The zero-order valence-electron chi connectivity index (χ0n) is 8.97. The van der Waals surface area contributed by atoms with Crippen molar-refractivity contribution in [3.8, 4) is 0 Å². The monoisotopic (exact) mass is 234 g/mol. The predicted octanol–water partition coefficient (Wildman–Crippen LogP) is 2.60. The molecule has 2 heterocycles. The van der Waals surface area contributed by atoms with Gasteiger partial charge < -0.3 is 10.7 Å². The molecule has 0 fully saturated rings. The van der Waals surface area contributed by atoms with E-state index in [2.05, 4.69) is 39.5 Å². The smallest absolute Gasteiger partial charge is 0.141 e. The van der Waals surface area contributed by atoms with Crippen LogP contribution in [0.15, 0.2) is 35.2 Å². The van der Waals surface area contributed by atoms with Gasteiger partial charge in [0.1, 0.15) is 5.82 Å². The molecular weight excluding hydrogens is 220 g/mol. The molecule has 0 saturated carbocycles. The summed E-state index contributed by atoms with van der Waals surface area (Å²) < 4.78 is 0. The lowest BCUT2D eigenvalue weighted by atomic mass is 10.2. The number of nitrogens with two attached hydrogens (primary N) is 1. The molecule has 2 aromatic heterocycles. The molecule has 5 heteroatoms. The van der Waals surface area contributed by atoms with Crippen molar-refractivity contribution >= 4 is 22.8 Å². The molecule has 1 unspecified atom stereocenters. The summed E-state index contributed by atoms with van der Waals surface area (Å²) in [5.41, 5.74) is 4.81. The number of hydrogen-bond acceptors (Lipinski definition) is 5. The Morgan fingerprint density at radius 3 is 3.00 bits per heavy atom. The molecule has 0 amide bonds. The highest BCUT2D eigenvalue weighted by molar-refractivity contribution is 7.07. The van der Waals surface area contributed by atoms with Crippen molar-refractivity contribution in [3.05, 3.63) is 40.7 Å². The topological polar surface area (TPSA) is 63.0 Å². The Balaban J connectivity index is 2.08. The van der Waals surface area contributed by atoms with Gasteiger partial charge in [-0.2, -0.15) is 11.3 Å². The second-order valence-electron chi connectivity index (χ2n) is 3.50. The maximum absolute atomic E-state index is 5.31. The highest BCUT2D eigenvalue weighted by atomic mass is 32.1. The average Bonchev–Trinajstić information content (AvgIpc) is 2.83. The lowest BCUT2D eigenvalue weighted by Gasteiger charge is -2.14. The Hall–Kier alpha value is -1.59. The second kappa shape index (κ2) is 4.96. The van der Waals surface area contributed by atoms with Crippen LogP contribution in [-0.2, 0) is 0 Å². The molecule has 84 valence electrons. The fourth-order valence-corrected chi connectivity index (χ4v) is 2.21. The predicted molar refractivity (Wildman–Crippen MR) is 68.4 cm³/mol. The van der Waals surface area contributed by atoms with E-state index >= 15 is 0 Å². The number of hydrogen-bond donors (Lipinski definition) is 3. The summed E-state index contributed by atoms with van der Waals surface area (Å²) in [7, 11) is 0. The zero-order chi connectivity index (χ0) is 11.4. The van der Waals surface area contributed by atoms with Gasteiger partial charge in [-0.05, 0) is 35.4 Å². The summed E-state index contributed by atoms with van der Waals surface area (Å²) in [6.07, 6.45) is 1.72. The van der Waals surface area contributed by atoms with Crippen LogP contribution in [0.3, 0.4) is 0 Å². The summed E-state index contributed by atoms with van der Waals surface area (Å²) >= 11 is 1.70. The van der Waals surface area contributed by atoms with Gasteiger partial charge in [0, 0.05) is 24.0 Å². The second-order valence-corrected chi connectivity index (χ2v) is 4.28. The number of thiophene rings is 1. The quantitative estimate of drug-likeness (QED) is 0.562. The van der Waals surface area contributed by atoms with Crippen LogP contribution in [0.1, 0.15) is 18.5 Å². The fourth-order valence-electron chi connectivity index (χ4n) is 1.45. The first-order valence-electron chi connectivity index (χ1n) is 5.01. The van der Waals surface area contributed by atoms with Crippen molar-refractivity contribution in [2.45, 2.75) is 13.0 Å². The minimum absolute atomic E-state index is 0.277. The Kier molecular flexibility index (Phi) is 3.38. The molecule has 0 spiro atoms. The van der Waals surface area contributed by atoms with Gasteiger partial charge in [0.2, 0.25) is 0 Å². The van der Waals surface area contributed by atoms with Crippen LogP contribution >= 0.6 is 11.3 Å². The van der Waals surface area contributed by atoms with Gasteiger partial charge in [-0.1, -0.05) is 0 Å². The Morgan fingerprint density at radius 2 is 2.31 bits per heavy atom. The highest BCUT2D eigenvalue weighted by Crippen LogP contribution is 2.21. The summed E-state index contributed by atoms with van der Waals surface area (Å²) in [6, 6.07) is 6.19. The van der Waals surface area contributed by atoms with E-state index < -0.39 is 0 Å². The van der Waals surface area contributed by atoms with Gasteiger partial charge in [-0.15, -0.1) is 0 Å². The van der Waals surface area contributed by atoms with Crippen molar-refractivity contribution in [1.82, 2.24) is 4.98 Å². The van der Waals surface area contributed by atoms with Gasteiger partial charge in [-0.25, -0.2) is 10.8 Å². The van der Waals surface area contributed by atoms with Crippen LogP contribution in [0.25, 0.3) is 0 Å². The van der Waals surface area contributed by atoms with Crippen LogP contribution in [0.2, 0.25) is 0 Å². The third kappa shape index (κ3) is 2.50. The summed E-state index contributed by atoms with van der Waals surface area (Å²) in [5, 5.41) is 7.61. The maximum Gasteiger partial charge on any atom is 0.141 e. The third-order valence-electron chi connectivity index (χ3n) is 2.33. The number of anilines is 2. The molecule has 0 radical (unpaired) electrons. The van der Waals surface area contributed by atoms with Crippen molar-refractivity contribution in [1.29, 1.82) is 0 Å². The van der Waals surface area contributed by atoms with E-state index in [0.717, 1.165) is 5.69 Å². The van der Waals surface area contributed by atoms with Gasteiger partial charge in [0.25, 0.3) is 0 Å². The Morgan fingerprint density at radius 1 is 1.44 bits per heavy atom. The van der Waals surface area contributed by atoms with E-state index in [-0.39, 0.29) is 6.04 Å². The van der Waals surface area contributed by atoms with E-state index in [1.54, 1.807) is 17.5 Å². The summed E-state index contributed by atoms with van der Waals surface area (Å²) in [5.74, 6) is 5.96. The van der Waals surface area contributed by atoms with E-state index in [4.69, 9.17) is 5.84 Å². The standard InChI is InChI=1S/C11H14N4S/c1-8(9-3-5-16-7-9)14-10-2-4-13-11(6-10)15-12/h2-8H,12H2,1H3,(H2,13,14,15). The van der Waals surface area contributed by atoms with Crippen LogP contribution in [0.5, 0.6) is 0 Å². The first kappa shape index (κ1) is 10.9. The lowest BCUT2D eigenvalue weighted by molar-refractivity contribution is 0.890. The van der Waals surface area contributed by atoms with Crippen LogP contribution in [0, 0.1) is 0 Å². The molecule has 4 N–H and O–H groups in total. The third-order valence-corrected chi connectivity index (χ3v) is 3.04. The summed E-state index contributed by atoms with van der Waals surface area (Å²) in [4.78, 5) is 4.05. The van der Waals surface area contributed by atoms with Crippen LogP contribution < -0.4 is 16.6 Å². The van der Waals surface area contributed by atoms with Gasteiger partial charge in [0.05, 0.1) is 0 Å².